The number of nitrogens with zero attached hydrogens (tertiary/aromatic N) is 2. The minimum atomic E-state index is -3.86. The fourth-order valence-electron chi connectivity index (χ4n) is 2.29. The first kappa shape index (κ1) is 17.8. The lowest BCUT2D eigenvalue weighted by atomic mass is 10.2. The molecule has 25 heavy (non-hydrogen) atoms. The molecular weight excluding hydrogens is 382 g/mol. The molecule has 1 atom stereocenters. The highest BCUT2D eigenvalue weighted by atomic mass is 32.2. The summed E-state index contributed by atoms with van der Waals surface area (Å²) in [4.78, 5) is 12.7. The zero-order chi connectivity index (χ0) is 17.9. The van der Waals surface area contributed by atoms with Crippen LogP contribution >= 0.6 is 22.7 Å². The third kappa shape index (κ3) is 3.82. The standard InChI is InChI=1S/C15H15N3O4S3/c1-22-15(19)14-13(5-9-24-14)25(20,21)17-10-11(12-4-2-8-23-12)18-7-3-6-16-18/h2-9,11,17H,10H2,1H3/t11-/m0/s1. The van der Waals surface area contributed by atoms with Gasteiger partial charge in [-0.2, -0.15) is 5.10 Å². The molecule has 3 rings (SSSR count). The lowest BCUT2D eigenvalue weighted by molar-refractivity contribution is 0.0602. The number of sulfonamides is 1. The molecule has 3 aromatic heterocycles. The van der Waals surface area contributed by atoms with Gasteiger partial charge in [0.1, 0.15) is 9.77 Å². The van der Waals surface area contributed by atoms with E-state index in [1.807, 2.05) is 17.5 Å². The van der Waals surface area contributed by atoms with Gasteiger partial charge in [-0.05, 0) is 29.0 Å². The van der Waals surface area contributed by atoms with E-state index in [1.165, 1.54) is 24.5 Å². The number of esters is 1. The van der Waals surface area contributed by atoms with Gasteiger partial charge in [-0.3, -0.25) is 4.68 Å². The normalized spacial score (nSPS) is 12.8. The van der Waals surface area contributed by atoms with Crippen LogP contribution in [0, 0.1) is 0 Å². The van der Waals surface area contributed by atoms with E-state index in [4.69, 9.17) is 0 Å². The Balaban J connectivity index is 1.83. The molecule has 0 radical (unpaired) electrons. The number of aromatic nitrogens is 2. The Labute approximate surface area is 152 Å². The minimum Gasteiger partial charge on any atom is -0.465 e. The molecule has 7 nitrogen and oxygen atoms in total. The lowest BCUT2D eigenvalue weighted by Crippen LogP contribution is -2.31. The predicted molar refractivity (Wildman–Crippen MR) is 95.5 cm³/mol. The van der Waals surface area contributed by atoms with Gasteiger partial charge in [0.2, 0.25) is 10.0 Å². The largest absolute Gasteiger partial charge is 0.465 e. The monoisotopic (exact) mass is 397 g/mol. The molecule has 3 aromatic rings. The highest BCUT2D eigenvalue weighted by Gasteiger charge is 2.26. The first-order valence-corrected chi connectivity index (χ1v) is 10.4. The smallest absolute Gasteiger partial charge is 0.349 e. The van der Waals surface area contributed by atoms with Crippen LogP contribution in [0.1, 0.15) is 20.6 Å². The average Bonchev–Trinajstić information content (AvgIpc) is 3.34. The van der Waals surface area contributed by atoms with Crippen molar-refractivity contribution in [1.82, 2.24) is 14.5 Å². The topological polar surface area (TPSA) is 90.3 Å². The van der Waals surface area contributed by atoms with Crippen molar-refractivity contribution in [3.63, 3.8) is 0 Å². The number of ether oxygens (including phenoxy) is 1. The number of nitrogens with one attached hydrogen (secondary N) is 1. The Morgan fingerprint density at radius 1 is 1.32 bits per heavy atom. The molecule has 132 valence electrons. The van der Waals surface area contributed by atoms with Gasteiger partial charge in [0.15, 0.2) is 0 Å². The Hall–Kier alpha value is -2.01. The van der Waals surface area contributed by atoms with Crippen molar-refractivity contribution < 1.29 is 17.9 Å². The number of thiophene rings is 2. The van der Waals surface area contributed by atoms with E-state index in [0.717, 1.165) is 16.2 Å². The van der Waals surface area contributed by atoms with Gasteiger partial charge in [-0.1, -0.05) is 6.07 Å². The lowest BCUT2D eigenvalue weighted by Gasteiger charge is -2.17. The van der Waals surface area contributed by atoms with Gasteiger partial charge < -0.3 is 4.74 Å². The summed E-state index contributed by atoms with van der Waals surface area (Å²) in [6, 6.07) is 6.73. The zero-order valence-corrected chi connectivity index (χ0v) is 15.6. The van der Waals surface area contributed by atoms with E-state index in [2.05, 4.69) is 14.6 Å². The predicted octanol–water partition coefficient (Wildman–Crippen LogP) is 2.36. The van der Waals surface area contributed by atoms with Crippen LogP contribution in [0.5, 0.6) is 0 Å². The van der Waals surface area contributed by atoms with Crippen molar-refractivity contribution >= 4 is 38.7 Å². The Bertz CT molecular complexity index is 897. The Morgan fingerprint density at radius 2 is 2.16 bits per heavy atom. The molecule has 0 saturated carbocycles. The van der Waals surface area contributed by atoms with Crippen LogP contribution in [0.15, 0.2) is 52.3 Å². The van der Waals surface area contributed by atoms with E-state index in [-0.39, 0.29) is 22.4 Å². The van der Waals surface area contributed by atoms with Gasteiger partial charge >= 0.3 is 5.97 Å². The van der Waals surface area contributed by atoms with E-state index in [9.17, 15) is 13.2 Å². The molecule has 0 unspecified atom stereocenters. The van der Waals surface area contributed by atoms with Crippen molar-refractivity contribution in [2.24, 2.45) is 0 Å². The number of methoxy groups -OCH3 is 1. The molecule has 0 saturated heterocycles. The van der Waals surface area contributed by atoms with Gasteiger partial charge in [0, 0.05) is 23.8 Å². The number of rotatable bonds is 7. The molecule has 0 aliphatic rings. The second-order valence-corrected chi connectivity index (χ2v) is 8.61. The van der Waals surface area contributed by atoms with Crippen molar-refractivity contribution in [3.05, 3.63) is 57.2 Å². The van der Waals surface area contributed by atoms with Gasteiger partial charge in [-0.15, -0.1) is 22.7 Å². The summed E-state index contributed by atoms with van der Waals surface area (Å²) in [5.74, 6) is -0.669. The Kier molecular flexibility index (Phi) is 5.33. The number of hydrogen-bond acceptors (Lipinski definition) is 7. The van der Waals surface area contributed by atoms with Crippen LogP contribution in [-0.2, 0) is 14.8 Å². The molecule has 0 amide bonds. The third-order valence-corrected chi connectivity index (χ3v) is 6.94. The summed E-state index contributed by atoms with van der Waals surface area (Å²) in [5.41, 5.74) is 0. The summed E-state index contributed by atoms with van der Waals surface area (Å²) in [7, 11) is -2.64. The van der Waals surface area contributed by atoms with E-state index >= 15 is 0 Å². The van der Waals surface area contributed by atoms with Crippen molar-refractivity contribution in [2.75, 3.05) is 13.7 Å². The van der Waals surface area contributed by atoms with Crippen LogP contribution in [0.2, 0.25) is 0 Å². The van der Waals surface area contributed by atoms with Gasteiger partial charge in [0.25, 0.3) is 0 Å². The number of carbonyl (C=O) groups excluding carboxylic acids is 1. The molecule has 3 heterocycles. The number of carbonyl (C=O) groups is 1. The van der Waals surface area contributed by atoms with E-state index in [0.29, 0.717) is 0 Å². The summed E-state index contributed by atoms with van der Waals surface area (Å²) in [6.07, 6.45) is 3.42. The van der Waals surface area contributed by atoms with Crippen LogP contribution in [0.3, 0.4) is 0 Å². The summed E-state index contributed by atoms with van der Waals surface area (Å²) in [5, 5.41) is 7.68. The maximum atomic E-state index is 12.6. The first-order valence-electron chi connectivity index (χ1n) is 7.21. The van der Waals surface area contributed by atoms with Crippen LogP contribution in [-0.4, -0.2) is 37.8 Å². The van der Waals surface area contributed by atoms with Crippen molar-refractivity contribution in [3.8, 4) is 0 Å². The second-order valence-electron chi connectivity index (χ2n) is 4.97. The fourth-order valence-corrected chi connectivity index (χ4v) is 5.48. The molecule has 0 spiro atoms. The Morgan fingerprint density at radius 3 is 2.80 bits per heavy atom. The molecule has 1 N–H and O–H groups in total. The third-order valence-electron chi connectivity index (χ3n) is 3.47. The zero-order valence-electron chi connectivity index (χ0n) is 13.2. The van der Waals surface area contributed by atoms with Crippen molar-refractivity contribution in [1.29, 1.82) is 0 Å². The molecule has 0 bridgehead atoms. The molecule has 0 aromatic carbocycles. The first-order chi connectivity index (χ1) is 12.0. The van der Waals surface area contributed by atoms with Crippen LogP contribution in [0.25, 0.3) is 0 Å². The molecular formula is C15H15N3O4S3. The van der Waals surface area contributed by atoms with E-state index < -0.39 is 16.0 Å². The maximum absolute atomic E-state index is 12.6. The maximum Gasteiger partial charge on any atom is 0.349 e. The van der Waals surface area contributed by atoms with Crippen LogP contribution in [0.4, 0.5) is 0 Å². The molecule has 0 aliphatic carbocycles. The van der Waals surface area contributed by atoms with Crippen LogP contribution < -0.4 is 4.72 Å². The minimum absolute atomic E-state index is 0.0572. The molecule has 0 fully saturated rings. The summed E-state index contributed by atoms with van der Waals surface area (Å²) >= 11 is 2.55. The highest BCUT2D eigenvalue weighted by Crippen LogP contribution is 2.25. The van der Waals surface area contributed by atoms with Gasteiger partial charge in [0.05, 0.1) is 13.2 Å². The van der Waals surface area contributed by atoms with Crippen molar-refractivity contribution in [2.45, 2.75) is 10.9 Å². The quantitative estimate of drug-likeness (QED) is 0.618. The van der Waals surface area contributed by atoms with Gasteiger partial charge in [-0.25, -0.2) is 17.9 Å². The number of hydrogen-bond donors (Lipinski definition) is 1. The van der Waals surface area contributed by atoms with E-state index in [1.54, 1.807) is 28.5 Å². The SMILES string of the molecule is COC(=O)c1sccc1S(=O)(=O)NC[C@@H](c1cccs1)n1cccn1. The highest BCUT2D eigenvalue weighted by molar-refractivity contribution is 7.89. The molecule has 0 aliphatic heterocycles. The summed E-state index contributed by atoms with van der Waals surface area (Å²) in [6.45, 7) is 0.112. The average molecular weight is 398 g/mol. The fraction of sp³-hybridized carbons (Fsp3) is 0.200. The summed E-state index contributed by atoms with van der Waals surface area (Å²) < 4.78 is 34.2. The molecule has 10 heteroatoms. The second kappa shape index (κ2) is 7.48.